The summed E-state index contributed by atoms with van der Waals surface area (Å²) in [4.78, 5) is 0. The summed E-state index contributed by atoms with van der Waals surface area (Å²) in [6.45, 7) is 2.11. The predicted molar refractivity (Wildman–Crippen MR) is 118 cm³/mol. The lowest BCUT2D eigenvalue weighted by molar-refractivity contribution is 1.16. The van der Waals surface area contributed by atoms with E-state index in [0.29, 0.717) is 0 Å². The van der Waals surface area contributed by atoms with Crippen LogP contribution in [-0.4, -0.2) is 24.3 Å². The molecule has 0 atom stereocenters. The molecular weight excluding hydrogens is 352 g/mol. The molecule has 0 spiro atoms. The van der Waals surface area contributed by atoms with Gasteiger partial charge in [-0.15, -0.1) is 10.2 Å². The molecular formula is C20H22N8. The van der Waals surface area contributed by atoms with Crippen LogP contribution in [0, 0.1) is 0 Å². The fourth-order valence-electron chi connectivity index (χ4n) is 3.25. The standard InChI is InChI=1S/C20H22N8/c1-2-12-6-5-9-15-16(10-25-27-19(21)22)13-7-3-4-8-14(13)17(18(12)15)11-26-28-20(23)24/h3-11H,2H2,1H3,(H4,21,22,27)(H4,23,24,28). The van der Waals surface area contributed by atoms with Gasteiger partial charge < -0.3 is 22.9 Å². The molecule has 0 amide bonds. The Morgan fingerprint density at radius 3 is 1.86 bits per heavy atom. The van der Waals surface area contributed by atoms with Crippen LogP contribution in [0.3, 0.4) is 0 Å². The average molecular weight is 374 g/mol. The Balaban J connectivity index is 2.44. The number of fused-ring (bicyclic) bond motifs is 2. The average Bonchev–Trinajstić information content (AvgIpc) is 2.68. The van der Waals surface area contributed by atoms with Crippen LogP contribution in [0.4, 0.5) is 0 Å². The molecule has 3 rings (SSSR count). The number of guanidine groups is 2. The van der Waals surface area contributed by atoms with Crippen LogP contribution in [0.25, 0.3) is 21.5 Å². The first-order chi connectivity index (χ1) is 13.5. The third-order valence-corrected chi connectivity index (χ3v) is 4.32. The van der Waals surface area contributed by atoms with Crippen LogP contribution >= 0.6 is 0 Å². The molecule has 0 bridgehead atoms. The maximum absolute atomic E-state index is 5.41. The molecule has 0 fully saturated rings. The zero-order chi connectivity index (χ0) is 20.1. The van der Waals surface area contributed by atoms with Crippen LogP contribution < -0.4 is 22.9 Å². The molecule has 0 aliphatic rings. The van der Waals surface area contributed by atoms with E-state index in [-0.39, 0.29) is 11.9 Å². The minimum Gasteiger partial charge on any atom is -0.369 e. The van der Waals surface area contributed by atoms with Gasteiger partial charge in [-0.3, -0.25) is 0 Å². The van der Waals surface area contributed by atoms with E-state index in [1.165, 1.54) is 5.56 Å². The van der Waals surface area contributed by atoms with Crippen molar-refractivity contribution in [3.8, 4) is 0 Å². The Hall–Kier alpha value is -3.94. The minimum atomic E-state index is -0.0971. The Labute approximate surface area is 162 Å². The minimum absolute atomic E-state index is 0.0958. The predicted octanol–water partition coefficient (Wildman–Crippen LogP) is 1.77. The molecule has 3 aromatic rings. The maximum Gasteiger partial charge on any atom is 0.211 e. The quantitative estimate of drug-likeness (QED) is 0.232. The van der Waals surface area contributed by atoms with Crippen molar-refractivity contribution in [3.05, 3.63) is 59.2 Å². The second-order valence-electron chi connectivity index (χ2n) is 6.11. The van der Waals surface area contributed by atoms with E-state index in [0.717, 1.165) is 39.1 Å². The zero-order valence-electron chi connectivity index (χ0n) is 15.5. The van der Waals surface area contributed by atoms with E-state index in [9.17, 15) is 0 Å². The molecule has 8 N–H and O–H groups in total. The van der Waals surface area contributed by atoms with E-state index < -0.39 is 0 Å². The van der Waals surface area contributed by atoms with Crippen molar-refractivity contribution in [2.24, 2.45) is 43.3 Å². The summed E-state index contributed by atoms with van der Waals surface area (Å²) in [7, 11) is 0. The smallest absolute Gasteiger partial charge is 0.211 e. The highest BCUT2D eigenvalue weighted by molar-refractivity contribution is 6.21. The molecule has 142 valence electrons. The Bertz CT molecular complexity index is 1130. The number of hydrogen-bond acceptors (Lipinski definition) is 4. The fraction of sp³-hybridized carbons (Fsp3) is 0.100. The number of aryl methyl sites for hydroxylation is 1. The van der Waals surface area contributed by atoms with E-state index in [1.54, 1.807) is 12.4 Å². The highest BCUT2D eigenvalue weighted by Gasteiger charge is 2.14. The van der Waals surface area contributed by atoms with Gasteiger partial charge in [0.2, 0.25) is 11.9 Å². The summed E-state index contributed by atoms with van der Waals surface area (Å²) < 4.78 is 0. The highest BCUT2D eigenvalue weighted by atomic mass is 15.3. The molecule has 0 aliphatic carbocycles. The zero-order valence-corrected chi connectivity index (χ0v) is 15.5. The van der Waals surface area contributed by atoms with Gasteiger partial charge >= 0.3 is 0 Å². The Morgan fingerprint density at radius 2 is 1.29 bits per heavy atom. The molecule has 0 saturated carbocycles. The van der Waals surface area contributed by atoms with Crippen molar-refractivity contribution < 1.29 is 0 Å². The van der Waals surface area contributed by atoms with Crippen LogP contribution in [0.5, 0.6) is 0 Å². The number of rotatable bonds is 5. The summed E-state index contributed by atoms with van der Waals surface area (Å²) in [6.07, 6.45) is 4.20. The summed E-state index contributed by atoms with van der Waals surface area (Å²) in [5, 5.41) is 19.6. The highest BCUT2D eigenvalue weighted by Crippen LogP contribution is 2.33. The van der Waals surface area contributed by atoms with E-state index in [2.05, 4.69) is 33.4 Å². The molecule has 8 heteroatoms. The lowest BCUT2D eigenvalue weighted by Crippen LogP contribution is -2.21. The van der Waals surface area contributed by atoms with Crippen LogP contribution in [0.15, 0.2) is 62.9 Å². The Kier molecular flexibility index (Phi) is 5.50. The molecule has 0 aromatic heterocycles. The van der Waals surface area contributed by atoms with Crippen molar-refractivity contribution in [2.45, 2.75) is 13.3 Å². The van der Waals surface area contributed by atoms with E-state index >= 15 is 0 Å². The largest absolute Gasteiger partial charge is 0.369 e. The third kappa shape index (κ3) is 3.75. The van der Waals surface area contributed by atoms with Crippen LogP contribution in [0.2, 0.25) is 0 Å². The molecule has 0 radical (unpaired) electrons. The van der Waals surface area contributed by atoms with Gasteiger partial charge in [0.15, 0.2) is 0 Å². The van der Waals surface area contributed by atoms with Crippen molar-refractivity contribution in [2.75, 3.05) is 0 Å². The lowest BCUT2D eigenvalue weighted by Gasteiger charge is -2.14. The molecule has 0 saturated heterocycles. The van der Waals surface area contributed by atoms with Gasteiger partial charge in [0.05, 0.1) is 12.4 Å². The molecule has 0 aliphatic heterocycles. The van der Waals surface area contributed by atoms with Crippen molar-refractivity contribution in [1.29, 1.82) is 0 Å². The van der Waals surface area contributed by atoms with Gasteiger partial charge in [-0.2, -0.15) is 10.2 Å². The van der Waals surface area contributed by atoms with Crippen molar-refractivity contribution >= 4 is 45.9 Å². The second kappa shape index (κ2) is 8.17. The van der Waals surface area contributed by atoms with Gasteiger partial charge in [-0.25, -0.2) is 0 Å². The topological polar surface area (TPSA) is 154 Å². The number of nitrogens with two attached hydrogens (primary N) is 4. The van der Waals surface area contributed by atoms with E-state index in [1.807, 2.05) is 36.4 Å². The summed E-state index contributed by atoms with van der Waals surface area (Å²) in [5.41, 5.74) is 24.6. The van der Waals surface area contributed by atoms with Crippen molar-refractivity contribution in [1.82, 2.24) is 0 Å². The number of nitrogens with zero attached hydrogens (tertiary/aromatic N) is 4. The number of benzene rings is 3. The first kappa shape index (κ1) is 18.8. The first-order valence-corrected chi connectivity index (χ1v) is 8.73. The fourth-order valence-corrected chi connectivity index (χ4v) is 3.25. The van der Waals surface area contributed by atoms with Gasteiger partial charge in [0, 0.05) is 11.1 Å². The van der Waals surface area contributed by atoms with Gasteiger partial charge in [-0.1, -0.05) is 49.4 Å². The van der Waals surface area contributed by atoms with Gasteiger partial charge in [-0.05, 0) is 33.5 Å². The second-order valence-corrected chi connectivity index (χ2v) is 6.11. The van der Waals surface area contributed by atoms with Gasteiger partial charge in [0.25, 0.3) is 0 Å². The summed E-state index contributed by atoms with van der Waals surface area (Å²) in [5.74, 6) is -0.193. The lowest BCUT2D eigenvalue weighted by atomic mass is 9.89. The van der Waals surface area contributed by atoms with Crippen molar-refractivity contribution in [3.63, 3.8) is 0 Å². The molecule has 8 nitrogen and oxygen atoms in total. The molecule has 3 aromatic carbocycles. The monoisotopic (exact) mass is 374 g/mol. The summed E-state index contributed by atoms with van der Waals surface area (Å²) in [6, 6.07) is 14.1. The number of hydrogen-bond donors (Lipinski definition) is 4. The Morgan fingerprint density at radius 1 is 0.750 bits per heavy atom. The van der Waals surface area contributed by atoms with E-state index in [4.69, 9.17) is 22.9 Å². The normalized spacial score (nSPS) is 11.5. The molecule has 0 unspecified atom stereocenters. The third-order valence-electron chi connectivity index (χ3n) is 4.32. The SMILES string of the molecule is CCc1cccc2c(C=NN=C(N)N)c3ccccc3c(C=NN=C(N)N)c12. The van der Waals surface area contributed by atoms with Crippen LogP contribution in [0.1, 0.15) is 23.6 Å². The van der Waals surface area contributed by atoms with Crippen LogP contribution in [-0.2, 0) is 6.42 Å². The first-order valence-electron chi connectivity index (χ1n) is 8.73. The molecule has 0 heterocycles. The van der Waals surface area contributed by atoms with Gasteiger partial charge in [0.1, 0.15) is 0 Å². The molecule has 28 heavy (non-hydrogen) atoms. The maximum atomic E-state index is 5.41. The summed E-state index contributed by atoms with van der Waals surface area (Å²) >= 11 is 0.